The molecule has 0 unspecified atom stereocenters. The number of nitriles is 1. The number of rotatable bonds is 4. The minimum Gasteiger partial charge on any atom is -0.467 e. The second kappa shape index (κ2) is 6.17. The zero-order valence-corrected chi connectivity index (χ0v) is 10.0. The fourth-order valence-corrected chi connectivity index (χ4v) is 1.43. The van der Waals surface area contributed by atoms with Crippen molar-refractivity contribution in [3.05, 3.63) is 59.8 Å². The van der Waals surface area contributed by atoms with Gasteiger partial charge in [0.15, 0.2) is 0 Å². The molecular weight excluding hydrogens is 242 g/mol. The van der Waals surface area contributed by atoms with Crippen LogP contribution in [0.3, 0.4) is 0 Å². The fourth-order valence-electron chi connectivity index (χ4n) is 1.43. The summed E-state index contributed by atoms with van der Waals surface area (Å²) in [7, 11) is 0. The molecule has 0 saturated heterocycles. The molecule has 0 saturated carbocycles. The van der Waals surface area contributed by atoms with Crippen molar-refractivity contribution in [3.8, 4) is 6.07 Å². The zero-order chi connectivity index (χ0) is 13.5. The van der Waals surface area contributed by atoms with Crippen LogP contribution in [-0.2, 0) is 11.3 Å². The molecule has 0 aliphatic carbocycles. The summed E-state index contributed by atoms with van der Waals surface area (Å²) in [6, 6.07) is 10.6. The van der Waals surface area contributed by atoms with Gasteiger partial charge in [0.1, 0.15) is 17.4 Å². The van der Waals surface area contributed by atoms with E-state index in [0.717, 1.165) is 0 Å². The summed E-state index contributed by atoms with van der Waals surface area (Å²) in [5.74, 6) is 0.174. The Morgan fingerprint density at radius 2 is 2.32 bits per heavy atom. The molecule has 94 valence electrons. The molecule has 1 N–H and O–H groups in total. The Hall–Kier alpha value is -2.87. The van der Waals surface area contributed by atoms with E-state index in [-0.39, 0.29) is 12.1 Å². The molecule has 2 heterocycles. The van der Waals surface area contributed by atoms with Crippen molar-refractivity contribution >= 4 is 12.0 Å². The number of hydrogen-bond donors (Lipinski definition) is 1. The number of furan rings is 1. The third-order valence-electron chi connectivity index (χ3n) is 2.35. The van der Waals surface area contributed by atoms with Gasteiger partial charge in [-0.15, -0.1) is 0 Å². The zero-order valence-electron chi connectivity index (χ0n) is 10.0. The fraction of sp³-hybridized carbons (Fsp3) is 0.0714. The van der Waals surface area contributed by atoms with Gasteiger partial charge < -0.3 is 9.73 Å². The first-order valence-electron chi connectivity index (χ1n) is 5.63. The van der Waals surface area contributed by atoms with E-state index in [1.165, 1.54) is 12.3 Å². The van der Waals surface area contributed by atoms with Crippen LogP contribution in [0.1, 0.15) is 11.5 Å². The summed E-state index contributed by atoms with van der Waals surface area (Å²) >= 11 is 0. The van der Waals surface area contributed by atoms with Gasteiger partial charge in [-0.05, 0) is 30.3 Å². The summed E-state index contributed by atoms with van der Waals surface area (Å²) in [5.41, 5.74) is 0.567. The number of hydrogen-bond acceptors (Lipinski definition) is 4. The third-order valence-corrected chi connectivity index (χ3v) is 2.35. The van der Waals surface area contributed by atoms with Crippen LogP contribution < -0.4 is 5.32 Å². The molecule has 2 aromatic heterocycles. The van der Waals surface area contributed by atoms with Crippen LogP contribution in [0.15, 0.2) is 52.8 Å². The summed E-state index contributed by atoms with van der Waals surface area (Å²) in [5, 5.41) is 11.6. The Kier molecular flexibility index (Phi) is 4.09. The normalized spacial score (nSPS) is 10.8. The van der Waals surface area contributed by atoms with E-state index in [0.29, 0.717) is 11.5 Å². The molecule has 5 nitrogen and oxygen atoms in total. The number of aromatic nitrogens is 1. The monoisotopic (exact) mass is 253 g/mol. The van der Waals surface area contributed by atoms with Crippen LogP contribution >= 0.6 is 0 Å². The number of nitrogens with zero attached hydrogens (tertiary/aromatic N) is 2. The molecule has 2 rings (SSSR count). The molecular formula is C14H11N3O2. The molecule has 0 aliphatic rings. The van der Waals surface area contributed by atoms with E-state index < -0.39 is 5.91 Å². The standard InChI is InChI=1S/C14H11N3O2/c15-9-11(8-12-4-1-2-6-16-12)14(18)17-10-13-5-3-7-19-13/h1-8H,10H2,(H,17,18)/b11-8+. The van der Waals surface area contributed by atoms with E-state index in [9.17, 15) is 4.79 Å². The van der Waals surface area contributed by atoms with Gasteiger partial charge in [-0.3, -0.25) is 9.78 Å². The number of nitrogens with one attached hydrogen (secondary N) is 1. The van der Waals surface area contributed by atoms with Crippen LogP contribution in [-0.4, -0.2) is 10.9 Å². The molecule has 0 spiro atoms. The van der Waals surface area contributed by atoms with Crippen molar-refractivity contribution < 1.29 is 9.21 Å². The molecule has 2 aromatic rings. The Morgan fingerprint density at radius 1 is 1.42 bits per heavy atom. The molecule has 1 amide bonds. The molecule has 0 aromatic carbocycles. The Morgan fingerprint density at radius 3 is 2.95 bits per heavy atom. The molecule has 0 bridgehead atoms. The van der Waals surface area contributed by atoms with Crippen LogP contribution in [0.4, 0.5) is 0 Å². The van der Waals surface area contributed by atoms with Crippen molar-refractivity contribution in [3.63, 3.8) is 0 Å². The lowest BCUT2D eigenvalue weighted by Crippen LogP contribution is -2.23. The van der Waals surface area contributed by atoms with Gasteiger partial charge >= 0.3 is 0 Å². The molecule has 0 atom stereocenters. The first-order valence-corrected chi connectivity index (χ1v) is 5.63. The summed E-state index contributed by atoms with van der Waals surface area (Å²) in [4.78, 5) is 15.8. The van der Waals surface area contributed by atoms with Crippen LogP contribution in [0, 0.1) is 11.3 Å². The average Bonchev–Trinajstić information content (AvgIpc) is 2.96. The van der Waals surface area contributed by atoms with E-state index in [1.54, 1.807) is 36.5 Å². The van der Waals surface area contributed by atoms with Gasteiger partial charge in [-0.1, -0.05) is 6.07 Å². The van der Waals surface area contributed by atoms with Crippen LogP contribution in [0.5, 0.6) is 0 Å². The Bertz CT molecular complexity index is 610. The van der Waals surface area contributed by atoms with Gasteiger partial charge in [0.05, 0.1) is 18.5 Å². The van der Waals surface area contributed by atoms with Crippen LogP contribution in [0.2, 0.25) is 0 Å². The Balaban J connectivity index is 2.04. The Labute approximate surface area is 110 Å². The predicted molar refractivity (Wildman–Crippen MR) is 68.4 cm³/mol. The number of carbonyl (C=O) groups is 1. The maximum absolute atomic E-state index is 11.8. The molecule has 5 heteroatoms. The number of pyridine rings is 1. The lowest BCUT2D eigenvalue weighted by atomic mass is 10.2. The van der Waals surface area contributed by atoms with E-state index >= 15 is 0 Å². The minimum atomic E-state index is -0.454. The van der Waals surface area contributed by atoms with Crippen molar-refractivity contribution in [2.45, 2.75) is 6.54 Å². The summed E-state index contributed by atoms with van der Waals surface area (Å²) < 4.78 is 5.09. The topological polar surface area (TPSA) is 78.9 Å². The van der Waals surface area contributed by atoms with Crippen molar-refractivity contribution in [1.29, 1.82) is 5.26 Å². The molecule has 0 aliphatic heterocycles. The highest BCUT2D eigenvalue weighted by Crippen LogP contribution is 2.04. The lowest BCUT2D eigenvalue weighted by Gasteiger charge is -2.01. The second-order valence-electron chi connectivity index (χ2n) is 3.69. The van der Waals surface area contributed by atoms with Gasteiger partial charge in [0.25, 0.3) is 5.91 Å². The highest BCUT2D eigenvalue weighted by Gasteiger charge is 2.09. The highest BCUT2D eigenvalue weighted by atomic mass is 16.3. The van der Waals surface area contributed by atoms with Crippen molar-refractivity contribution in [2.24, 2.45) is 0 Å². The van der Waals surface area contributed by atoms with Gasteiger partial charge in [-0.2, -0.15) is 5.26 Å². The maximum atomic E-state index is 11.8. The summed E-state index contributed by atoms with van der Waals surface area (Å²) in [6.45, 7) is 0.243. The largest absolute Gasteiger partial charge is 0.467 e. The quantitative estimate of drug-likeness (QED) is 0.666. The van der Waals surface area contributed by atoms with Gasteiger partial charge in [-0.25, -0.2) is 0 Å². The van der Waals surface area contributed by atoms with Crippen molar-refractivity contribution in [2.75, 3.05) is 0 Å². The third kappa shape index (κ3) is 3.54. The van der Waals surface area contributed by atoms with Gasteiger partial charge in [0.2, 0.25) is 0 Å². The lowest BCUT2D eigenvalue weighted by molar-refractivity contribution is -0.117. The first kappa shape index (κ1) is 12.6. The predicted octanol–water partition coefficient (Wildman–Crippen LogP) is 1.90. The number of amides is 1. The molecule has 0 fully saturated rings. The highest BCUT2D eigenvalue weighted by molar-refractivity contribution is 6.01. The smallest absolute Gasteiger partial charge is 0.262 e. The first-order chi connectivity index (χ1) is 9.29. The van der Waals surface area contributed by atoms with E-state index in [2.05, 4.69) is 10.3 Å². The van der Waals surface area contributed by atoms with Crippen LogP contribution in [0.25, 0.3) is 6.08 Å². The van der Waals surface area contributed by atoms with Gasteiger partial charge in [0, 0.05) is 6.20 Å². The average molecular weight is 253 g/mol. The second-order valence-corrected chi connectivity index (χ2v) is 3.69. The number of carbonyl (C=O) groups excluding carboxylic acids is 1. The molecule has 0 radical (unpaired) electrons. The maximum Gasteiger partial charge on any atom is 0.262 e. The SMILES string of the molecule is N#C/C(=C\c1ccccn1)C(=O)NCc1ccco1. The summed E-state index contributed by atoms with van der Waals surface area (Å²) in [6.07, 6.45) is 4.56. The van der Waals surface area contributed by atoms with E-state index in [4.69, 9.17) is 9.68 Å². The van der Waals surface area contributed by atoms with E-state index in [1.807, 2.05) is 6.07 Å². The molecule has 19 heavy (non-hydrogen) atoms. The minimum absolute atomic E-state index is 0.00487. The van der Waals surface area contributed by atoms with Crippen molar-refractivity contribution in [1.82, 2.24) is 10.3 Å².